The van der Waals surface area contributed by atoms with E-state index in [1.807, 2.05) is 6.08 Å². The van der Waals surface area contributed by atoms with E-state index in [4.69, 9.17) is 5.26 Å². The zero-order valence-corrected chi connectivity index (χ0v) is 17.9. The molecule has 2 aliphatic carbocycles. The summed E-state index contributed by atoms with van der Waals surface area (Å²) in [4.78, 5) is 0. The molecule has 1 aromatic rings. The van der Waals surface area contributed by atoms with Gasteiger partial charge < -0.3 is 0 Å². The van der Waals surface area contributed by atoms with Crippen LogP contribution in [0.1, 0.15) is 101 Å². The maximum atomic E-state index is 8.56. The van der Waals surface area contributed by atoms with Crippen LogP contribution in [0, 0.1) is 29.1 Å². The second kappa shape index (κ2) is 11.5. The predicted octanol–water partition coefficient (Wildman–Crippen LogP) is 7.97. The Hall–Kier alpha value is -1.55. The molecule has 0 N–H and O–H groups in total. The minimum absolute atomic E-state index is 0.813. The van der Waals surface area contributed by atoms with Gasteiger partial charge in [0.05, 0.1) is 6.07 Å². The largest absolute Gasteiger partial charge is 0.193 e. The predicted molar refractivity (Wildman–Crippen MR) is 119 cm³/mol. The van der Waals surface area contributed by atoms with Crippen molar-refractivity contribution in [2.45, 2.75) is 96.3 Å². The Kier molecular flexibility index (Phi) is 8.66. The first-order valence-electron chi connectivity index (χ1n) is 11.9. The number of hydrogen-bond donors (Lipinski definition) is 0. The fourth-order valence-electron chi connectivity index (χ4n) is 5.56. The number of benzene rings is 1. The molecule has 0 unspecified atom stereocenters. The van der Waals surface area contributed by atoms with Gasteiger partial charge in [0, 0.05) is 6.08 Å². The summed E-state index contributed by atoms with van der Waals surface area (Å²) in [6.07, 6.45) is 21.6. The van der Waals surface area contributed by atoms with Crippen molar-refractivity contribution in [3.05, 3.63) is 47.5 Å². The van der Waals surface area contributed by atoms with Gasteiger partial charge in [0.25, 0.3) is 0 Å². The molecule has 0 bridgehead atoms. The van der Waals surface area contributed by atoms with Crippen LogP contribution in [0.3, 0.4) is 0 Å². The monoisotopic (exact) mass is 377 g/mol. The summed E-state index contributed by atoms with van der Waals surface area (Å²) in [5, 5.41) is 8.56. The fraction of sp³-hybridized carbons (Fsp3) is 0.667. The van der Waals surface area contributed by atoms with E-state index in [2.05, 4.69) is 37.3 Å². The van der Waals surface area contributed by atoms with Crippen LogP contribution in [0.2, 0.25) is 0 Å². The third kappa shape index (κ3) is 6.51. The van der Waals surface area contributed by atoms with E-state index in [9.17, 15) is 0 Å². The zero-order valence-electron chi connectivity index (χ0n) is 17.9. The quantitative estimate of drug-likeness (QED) is 0.421. The highest BCUT2D eigenvalue weighted by molar-refractivity contribution is 5.25. The zero-order chi connectivity index (χ0) is 19.6. The van der Waals surface area contributed by atoms with Gasteiger partial charge in [-0.2, -0.15) is 5.26 Å². The molecular formula is C27H39N. The summed E-state index contributed by atoms with van der Waals surface area (Å²) >= 11 is 0. The van der Waals surface area contributed by atoms with Crippen molar-refractivity contribution in [3.63, 3.8) is 0 Å². The molecular weight excluding hydrogens is 338 g/mol. The van der Waals surface area contributed by atoms with Crippen LogP contribution in [-0.2, 0) is 6.42 Å². The lowest BCUT2D eigenvalue weighted by Crippen LogP contribution is -2.17. The Labute approximate surface area is 173 Å². The molecule has 0 aliphatic heterocycles. The van der Waals surface area contributed by atoms with Crippen LogP contribution in [-0.4, -0.2) is 0 Å². The summed E-state index contributed by atoms with van der Waals surface area (Å²) in [6.45, 7) is 2.24. The molecule has 1 nitrogen and oxygen atoms in total. The van der Waals surface area contributed by atoms with Crippen LogP contribution in [0.25, 0.3) is 0 Å². The van der Waals surface area contributed by atoms with Gasteiger partial charge >= 0.3 is 0 Å². The maximum Gasteiger partial charge on any atom is 0.0908 e. The number of nitrogens with zero attached hydrogens (tertiary/aromatic N) is 1. The SMILES string of the molecule is CCc1ccc([C@H]2CC[C@H](CC[C@H]3CC[C@H](CC/C=C/C#N)CC3)CC2)cc1. The number of allylic oxidation sites excluding steroid dienone is 2. The third-order valence-corrected chi connectivity index (χ3v) is 7.59. The van der Waals surface area contributed by atoms with Crippen LogP contribution < -0.4 is 0 Å². The first-order chi connectivity index (χ1) is 13.8. The van der Waals surface area contributed by atoms with Gasteiger partial charge in [0.15, 0.2) is 0 Å². The summed E-state index contributed by atoms with van der Waals surface area (Å²) in [5.74, 6) is 3.70. The Balaban J connectivity index is 1.30. The van der Waals surface area contributed by atoms with E-state index in [0.717, 1.165) is 36.5 Å². The maximum absolute atomic E-state index is 8.56. The second-order valence-corrected chi connectivity index (χ2v) is 9.39. The molecule has 0 spiro atoms. The van der Waals surface area contributed by atoms with Crippen LogP contribution in [0.15, 0.2) is 36.4 Å². The molecule has 0 amide bonds. The van der Waals surface area contributed by atoms with Crippen LogP contribution in [0.4, 0.5) is 0 Å². The first-order valence-corrected chi connectivity index (χ1v) is 11.9. The van der Waals surface area contributed by atoms with Crippen molar-refractivity contribution in [2.75, 3.05) is 0 Å². The highest BCUT2D eigenvalue weighted by Gasteiger charge is 2.25. The van der Waals surface area contributed by atoms with Gasteiger partial charge in [0.2, 0.25) is 0 Å². The van der Waals surface area contributed by atoms with Crippen LogP contribution in [0.5, 0.6) is 0 Å². The van der Waals surface area contributed by atoms with Crippen molar-refractivity contribution >= 4 is 0 Å². The summed E-state index contributed by atoms with van der Waals surface area (Å²) in [7, 11) is 0. The Morgan fingerprint density at radius 1 is 0.821 bits per heavy atom. The molecule has 1 aromatic carbocycles. The number of aryl methyl sites for hydroxylation is 1. The lowest BCUT2D eigenvalue weighted by atomic mass is 9.74. The standard InChI is InChI=1S/C27H39N/c1-2-22-13-17-26(18-14-22)27-19-15-25(16-20-27)12-11-24-9-7-23(8-10-24)6-4-3-5-21-28/h3,5,13-14,17-18,23-25,27H,2,4,6-12,15-16,19-20H2,1H3/b5-3+/t23-,24-,25-,27-. The number of rotatable bonds is 8. The molecule has 0 heterocycles. The van der Waals surface area contributed by atoms with E-state index in [-0.39, 0.29) is 0 Å². The molecule has 0 aromatic heterocycles. The lowest BCUT2D eigenvalue weighted by molar-refractivity contribution is 0.225. The van der Waals surface area contributed by atoms with Crippen molar-refractivity contribution in [2.24, 2.45) is 17.8 Å². The third-order valence-electron chi connectivity index (χ3n) is 7.59. The number of nitriles is 1. The van der Waals surface area contributed by atoms with E-state index < -0.39 is 0 Å². The average molecular weight is 378 g/mol. The van der Waals surface area contributed by atoms with Gasteiger partial charge in [0.1, 0.15) is 0 Å². The second-order valence-electron chi connectivity index (χ2n) is 9.39. The van der Waals surface area contributed by atoms with Crippen molar-refractivity contribution in [1.82, 2.24) is 0 Å². The highest BCUT2D eigenvalue weighted by Crippen LogP contribution is 2.40. The summed E-state index contributed by atoms with van der Waals surface area (Å²) in [6, 6.07) is 11.5. The van der Waals surface area contributed by atoms with Crippen LogP contribution >= 0.6 is 0 Å². The van der Waals surface area contributed by atoms with Gasteiger partial charge in [-0.25, -0.2) is 0 Å². The van der Waals surface area contributed by atoms with Crippen molar-refractivity contribution < 1.29 is 0 Å². The Bertz CT molecular complexity index is 619. The van der Waals surface area contributed by atoms with Crippen molar-refractivity contribution in [1.29, 1.82) is 5.26 Å². The lowest BCUT2D eigenvalue weighted by Gasteiger charge is -2.32. The Morgan fingerprint density at radius 3 is 1.89 bits per heavy atom. The van der Waals surface area contributed by atoms with E-state index in [0.29, 0.717) is 0 Å². The molecule has 3 rings (SSSR count). The van der Waals surface area contributed by atoms with Gasteiger partial charge in [-0.1, -0.05) is 75.8 Å². The molecule has 2 aliphatic rings. The highest BCUT2D eigenvalue weighted by atomic mass is 14.3. The molecule has 1 heteroatoms. The van der Waals surface area contributed by atoms with E-state index in [1.165, 1.54) is 76.2 Å². The molecule has 0 saturated heterocycles. The van der Waals surface area contributed by atoms with Gasteiger partial charge in [-0.15, -0.1) is 0 Å². The summed E-state index contributed by atoms with van der Waals surface area (Å²) in [5.41, 5.74) is 3.05. The Morgan fingerprint density at radius 2 is 1.36 bits per heavy atom. The smallest absolute Gasteiger partial charge is 0.0908 e. The number of hydrogen-bond acceptors (Lipinski definition) is 1. The minimum Gasteiger partial charge on any atom is -0.193 e. The summed E-state index contributed by atoms with van der Waals surface area (Å²) < 4.78 is 0. The molecule has 0 radical (unpaired) electrons. The molecule has 152 valence electrons. The average Bonchev–Trinajstić information content (AvgIpc) is 2.76. The molecule has 28 heavy (non-hydrogen) atoms. The van der Waals surface area contributed by atoms with E-state index >= 15 is 0 Å². The van der Waals surface area contributed by atoms with Gasteiger partial charge in [-0.3, -0.25) is 0 Å². The molecule has 0 atom stereocenters. The topological polar surface area (TPSA) is 23.8 Å². The van der Waals surface area contributed by atoms with Gasteiger partial charge in [-0.05, 0) is 79.7 Å². The molecule has 2 saturated carbocycles. The van der Waals surface area contributed by atoms with E-state index in [1.54, 1.807) is 11.6 Å². The fourth-order valence-corrected chi connectivity index (χ4v) is 5.56. The first kappa shape index (κ1) is 21.2. The molecule has 2 fully saturated rings. The normalized spacial score (nSPS) is 28.3. The van der Waals surface area contributed by atoms with Crippen molar-refractivity contribution in [3.8, 4) is 6.07 Å². The minimum atomic E-state index is 0.813.